The third-order valence-corrected chi connectivity index (χ3v) is 3.70. The molecule has 2 rings (SSSR count). The summed E-state index contributed by atoms with van der Waals surface area (Å²) in [6, 6.07) is 0. The van der Waals surface area contributed by atoms with Gasteiger partial charge in [-0.05, 0) is 0 Å². The number of carboxylic acids is 1. The van der Waals surface area contributed by atoms with E-state index in [9.17, 15) is 4.79 Å². The molecule has 1 aliphatic rings. The SMILES string of the molecule is Cn1cc(SC2(CC(=O)O)CNC2)cn1. The van der Waals surface area contributed by atoms with Crippen molar-refractivity contribution in [1.29, 1.82) is 0 Å². The molecule has 0 unspecified atom stereocenters. The molecule has 1 saturated heterocycles. The van der Waals surface area contributed by atoms with Crippen LogP contribution in [0.2, 0.25) is 0 Å². The molecule has 0 atom stereocenters. The predicted molar refractivity (Wildman–Crippen MR) is 56.9 cm³/mol. The Hall–Kier alpha value is -1.01. The highest BCUT2D eigenvalue weighted by Gasteiger charge is 2.40. The number of hydrogen-bond acceptors (Lipinski definition) is 4. The highest BCUT2D eigenvalue weighted by atomic mass is 32.2. The molecule has 6 heteroatoms. The number of carbonyl (C=O) groups is 1. The van der Waals surface area contributed by atoms with Gasteiger partial charge in [-0.25, -0.2) is 0 Å². The summed E-state index contributed by atoms with van der Waals surface area (Å²) >= 11 is 1.60. The molecule has 2 heterocycles. The normalized spacial score (nSPS) is 18.5. The monoisotopic (exact) mass is 227 g/mol. The quantitative estimate of drug-likeness (QED) is 0.776. The van der Waals surface area contributed by atoms with Crippen molar-refractivity contribution in [2.45, 2.75) is 16.1 Å². The van der Waals surface area contributed by atoms with Gasteiger partial charge in [-0.1, -0.05) is 0 Å². The van der Waals surface area contributed by atoms with Gasteiger partial charge in [0.25, 0.3) is 0 Å². The van der Waals surface area contributed by atoms with Gasteiger partial charge < -0.3 is 10.4 Å². The molecule has 1 fully saturated rings. The lowest BCUT2D eigenvalue weighted by molar-refractivity contribution is -0.138. The van der Waals surface area contributed by atoms with Crippen LogP contribution in [0.15, 0.2) is 17.3 Å². The number of hydrogen-bond donors (Lipinski definition) is 2. The second kappa shape index (κ2) is 3.86. The van der Waals surface area contributed by atoms with Gasteiger partial charge in [0, 0.05) is 31.2 Å². The fraction of sp³-hybridized carbons (Fsp3) is 0.556. The Morgan fingerprint density at radius 3 is 2.93 bits per heavy atom. The largest absolute Gasteiger partial charge is 0.481 e. The summed E-state index contributed by atoms with van der Waals surface area (Å²) in [5.74, 6) is -0.743. The molecule has 0 aliphatic carbocycles. The summed E-state index contributed by atoms with van der Waals surface area (Å²) in [4.78, 5) is 11.8. The van der Waals surface area contributed by atoms with E-state index >= 15 is 0 Å². The lowest BCUT2D eigenvalue weighted by atomic mass is 9.98. The maximum atomic E-state index is 10.7. The van der Waals surface area contributed by atoms with Gasteiger partial charge >= 0.3 is 5.97 Å². The molecule has 0 saturated carbocycles. The van der Waals surface area contributed by atoms with E-state index in [4.69, 9.17) is 5.11 Å². The van der Waals surface area contributed by atoms with E-state index in [1.165, 1.54) is 0 Å². The number of aryl methyl sites for hydroxylation is 1. The molecule has 1 aromatic heterocycles. The van der Waals surface area contributed by atoms with Gasteiger partial charge in [-0.3, -0.25) is 9.48 Å². The van der Waals surface area contributed by atoms with Crippen LogP contribution in [0.4, 0.5) is 0 Å². The lowest BCUT2D eigenvalue weighted by Gasteiger charge is -2.40. The second-order valence-electron chi connectivity index (χ2n) is 3.81. The average Bonchev–Trinajstić information content (AvgIpc) is 2.46. The fourth-order valence-electron chi connectivity index (χ4n) is 1.61. The van der Waals surface area contributed by atoms with Crippen molar-refractivity contribution in [3.63, 3.8) is 0 Å². The van der Waals surface area contributed by atoms with Crippen LogP contribution in [0.25, 0.3) is 0 Å². The van der Waals surface area contributed by atoms with Crippen molar-refractivity contribution >= 4 is 17.7 Å². The van der Waals surface area contributed by atoms with E-state index in [1.807, 2.05) is 13.2 Å². The Balaban J connectivity index is 2.04. The minimum Gasteiger partial charge on any atom is -0.481 e. The Morgan fingerprint density at radius 1 is 1.80 bits per heavy atom. The van der Waals surface area contributed by atoms with Crippen LogP contribution in [-0.2, 0) is 11.8 Å². The zero-order valence-electron chi connectivity index (χ0n) is 8.43. The minimum atomic E-state index is -0.743. The molecule has 0 amide bonds. The standard InChI is InChI=1S/C9H13N3O2S/c1-12-4-7(3-11-12)15-9(2-8(13)14)5-10-6-9/h3-4,10H,2,5-6H2,1H3,(H,13,14). The van der Waals surface area contributed by atoms with Gasteiger partial charge in [0.1, 0.15) is 0 Å². The number of aliphatic carboxylic acids is 1. The molecule has 0 spiro atoms. The first-order chi connectivity index (χ1) is 7.10. The van der Waals surface area contributed by atoms with Crippen molar-refractivity contribution in [1.82, 2.24) is 15.1 Å². The average molecular weight is 227 g/mol. The second-order valence-corrected chi connectivity index (χ2v) is 5.35. The van der Waals surface area contributed by atoms with Crippen molar-refractivity contribution in [2.75, 3.05) is 13.1 Å². The van der Waals surface area contributed by atoms with Gasteiger partial charge in [-0.15, -0.1) is 11.8 Å². The maximum absolute atomic E-state index is 10.7. The summed E-state index contributed by atoms with van der Waals surface area (Å²) in [7, 11) is 1.85. The molecule has 15 heavy (non-hydrogen) atoms. The van der Waals surface area contributed by atoms with Gasteiger partial charge in [0.15, 0.2) is 0 Å². The van der Waals surface area contributed by atoms with Gasteiger partial charge in [0.2, 0.25) is 0 Å². The van der Waals surface area contributed by atoms with Crippen molar-refractivity contribution in [3.8, 4) is 0 Å². The zero-order chi connectivity index (χ0) is 10.9. The fourth-order valence-corrected chi connectivity index (χ4v) is 2.96. The Kier molecular flexibility index (Phi) is 2.70. The zero-order valence-corrected chi connectivity index (χ0v) is 9.25. The third kappa shape index (κ3) is 2.32. The summed E-state index contributed by atoms with van der Waals surface area (Å²) in [5.41, 5.74) is 0. The minimum absolute atomic E-state index is 0.186. The number of aromatic nitrogens is 2. The van der Waals surface area contributed by atoms with Crippen LogP contribution in [0.5, 0.6) is 0 Å². The number of nitrogens with zero attached hydrogens (tertiary/aromatic N) is 2. The van der Waals surface area contributed by atoms with Crippen LogP contribution >= 0.6 is 11.8 Å². The third-order valence-electron chi connectivity index (χ3n) is 2.38. The van der Waals surface area contributed by atoms with Crippen LogP contribution in [0.1, 0.15) is 6.42 Å². The smallest absolute Gasteiger partial charge is 0.304 e. The maximum Gasteiger partial charge on any atom is 0.304 e. The van der Waals surface area contributed by atoms with Crippen LogP contribution in [-0.4, -0.2) is 38.7 Å². The first-order valence-corrected chi connectivity index (χ1v) is 5.51. The van der Waals surface area contributed by atoms with E-state index in [-0.39, 0.29) is 11.2 Å². The summed E-state index contributed by atoms with van der Waals surface area (Å²) < 4.78 is 1.54. The Labute approximate surface area is 91.9 Å². The lowest BCUT2D eigenvalue weighted by Crippen LogP contribution is -2.57. The Bertz CT molecular complexity index is 373. The number of nitrogens with one attached hydrogen (secondary N) is 1. The summed E-state index contributed by atoms with van der Waals surface area (Å²) in [5, 5.41) is 16.0. The van der Waals surface area contributed by atoms with E-state index in [2.05, 4.69) is 10.4 Å². The molecular formula is C9H13N3O2S. The molecule has 82 valence electrons. The van der Waals surface area contributed by atoms with Crippen molar-refractivity contribution in [2.24, 2.45) is 7.05 Å². The van der Waals surface area contributed by atoms with Crippen LogP contribution < -0.4 is 5.32 Å². The van der Waals surface area contributed by atoms with Crippen LogP contribution in [0.3, 0.4) is 0 Å². The molecule has 1 aromatic rings. The first-order valence-electron chi connectivity index (χ1n) is 4.70. The van der Waals surface area contributed by atoms with E-state index in [0.717, 1.165) is 18.0 Å². The predicted octanol–water partition coefficient (Wildman–Crippen LogP) is 0.329. The summed E-state index contributed by atoms with van der Waals surface area (Å²) in [6.45, 7) is 1.50. The van der Waals surface area contributed by atoms with Gasteiger partial charge in [-0.2, -0.15) is 5.10 Å². The molecule has 0 radical (unpaired) electrons. The van der Waals surface area contributed by atoms with E-state index in [0.29, 0.717) is 0 Å². The number of carboxylic acid groups (broad SMARTS) is 1. The molecular weight excluding hydrogens is 214 g/mol. The van der Waals surface area contributed by atoms with Crippen molar-refractivity contribution in [3.05, 3.63) is 12.4 Å². The summed E-state index contributed by atoms with van der Waals surface area (Å²) in [6.07, 6.45) is 3.87. The van der Waals surface area contributed by atoms with Crippen LogP contribution in [0, 0.1) is 0 Å². The topological polar surface area (TPSA) is 67.2 Å². The number of rotatable bonds is 4. The molecule has 0 aromatic carbocycles. The first kappa shape index (κ1) is 10.5. The van der Waals surface area contributed by atoms with E-state index in [1.54, 1.807) is 22.6 Å². The molecule has 5 nitrogen and oxygen atoms in total. The molecule has 1 aliphatic heterocycles. The highest BCUT2D eigenvalue weighted by Crippen LogP contribution is 2.38. The molecule has 2 N–H and O–H groups in total. The van der Waals surface area contributed by atoms with E-state index < -0.39 is 5.97 Å². The Morgan fingerprint density at radius 2 is 2.53 bits per heavy atom. The molecule has 0 bridgehead atoms. The highest BCUT2D eigenvalue weighted by molar-refractivity contribution is 8.00. The van der Waals surface area contributed by atoms with Gasteiger partial charge in [0.05, 0.1) is 17.4 Å². The number of thioether (sulfide) groups is 1. The van der Waals surface area contributed by atoms with Crippen molar-refractivity contribution < 1.29 is 9.90 Å².